The second-order valence-electron chi connectivity index (χ2n) is 9.33. The van der Waals surface area contributed by atoms with E-state index in [1.54, 1.807) is 6.07 Å². The van der Waals surface area contributed by atoms with Crippen LogP contribution in [0.15, 0.2) is 103 Å². The number of hydrogen-bond acceptors (Lipinski definition) is 2. The minimum Gasteiger partial charge on any atom is -0.308 e. The van der Waals surface area contributed by atoms with Gasteiger partial charge in [-0.1, -0.05) is 72.8 Å². The van der Waals surface area contributed by atoms with Crippen molar-refractivity contribution in [1.82, 2.24) is 4.57 Å². The van der Waals surface area contributed by atoms with Gasteiger partial charge in [0.2, 0.25) is 0 Å². The summed E-state index contributed by atoms with van der Waals surface area (Å²) < 4.78 is 2.19. The molecular formula is C34H23N3. The zero-order valence-corrected chi connectivity index (χ0v) is 20.7. The topological polar surface area (TPSA) is 52.5 Å². The fourth-order valence-corrected chi connectivity index (χ4v) is 5.28. The highest BCUT2D eigenvalue weighted by Gasteiger charge is 2.20. The molecule has 0 aliphatic rings. The smallest absolute Gasteiger partial charge is 0.101 e. The summed E-state index contributed by atoms with van der Waals surface area (Å²) in [6.07, 6.45) is 0. The van der Waals surface area contributed by atoms with E-state index < -0.39 is 0 Å². The maximum atomic E-state index is 10.1. The Bertz CT molecular complexity index is 1800. The van der Waals surface area contributed by atoms with Gasteiger partial charge in [0.25, 0.3) is 0 Å². The molecule has 0 saturated carbocycles. The third kappa shape index (κ3) is 3.57. The van der Waals surface area contributed by atoms with Crippen molar-refractivity contribution < 1.29 is 0 Å². The molecule has 37 heavy (non-hydrogen) atoms. The van der Waals surface area contributed by atoms with E-state index in [-0.39, 0.29) is 0 Å². The Balaban J connectivity index is 1.73. The molecule has 0 aliphatic heterocycles. The van der Waals surface area contributed by atoms with Crippen LogP contribution in [0.25, 0.3) is 49.7 Å². The van der Waals surface area contributed by atoms with Gasteiger partial charge in [-0.15, -0.1) is 0 Å². The summed E-state index contributed by atoms with van der Waals surface area (Å²) in [5, 5.41) is 22.0. The van der Waals surface area contributed by atoms with Crippen molar-refractivity contribution >= 4 is 21.8 Å². The molecule has 6 rings (SSSR count). The van der Waals surface area contributed by atoms with Crippen LogP contribution in [0, 0.1) is 36.5 Å². The summed E-state index contributed by atoms with van der Waals surface area (Å²) in [5.74, 6) is 0. The predicted octanol–water partition coefficient (Wildman–Crippen LogP) is 8.48. The van der Waals surface area contributed by atoms with E-state index in [0.29, 0.717) is 11.1 Å². The number of aromatic nitrogens is 1. The first kappa shape index (κ1) is 22.4. The SMILES string of the molecule is Cc1c(C#N)cc(C#N)c(-n2c3ccc(-c4ccccc4)cc3c3cc(-c4ccccc4)ccc32)c1C. The molecular weight excluding hydrogens is 450 g/mol. The Morgan fingerprint density at radius 3 is 1.46 bits per heavy atom. The molecule has 0 fully saturated rings. The summed E-state index contributed by atoms with van der Waals surface area (Å²) in [6, 6.07) is 40.2. The summed E-state index contributed by atoms with van der Waals surface area (Å²) in [4.78, 5) is 0. The van der Waals surface area contributed by atoms with E-state index in [0.717, 1.165) is 60.9 Å². The molecule has 0 aliphatic carbocycles. The van der Waals surface area contributed by atoms with E-state index in [1.807, 2.05) is 26.0 Å². The molecule has 0 saturated heterocycles. The molecule has 0 N–H and O–H groups in total. The van der Waals surface area contributed by atoms with Gasteiger partial charge in [-0.05, 0) is 77.6 Å². The molecule has 0 amide bonds. The molecule has 0 spiro atoms. The lowest BCUT2D eigenvalue weighted by molar-refractivity contribution is 1.12. The maximum absolute atomic E-state index is 10.1. The Labute approximate surface area is 216 Å². The van der Waals surface area contributed by atoms with Crippen molar-refractivity contribution in [3.05, 3.63) is 125 Å². The molecule has 3 nitrogen and oxygen atoms in total. The van der Waals surface area contributed by atoms with Crippen LogP contribution in [0.4, 0.5) is 0 Å². The molecule has 0 atom stereocenters. The van der Waals surface area contributed by atoms with Crippen LogP contribution >= 0.6 is 0 Å². The number of fused-ring (bicyclic) bond motifs is 3. The van der Waals surface area contributed by atoms with Crippen molar-refractivity contribution in [3.63, 3.8) is 0 Å². The third-order valence-corrected chi connectivity index (χ3v) is 7.31. The fourth-order valence-electron chi connectivity index (χ4n) is 5.28. The van der Waals surface area contributed by atoms with Crippen LogP contribution < -0.4 is 0 Å². The maximum Gasteiger partial charge on any atom is 0.101 e. The van der Waals surface area contributed by atoms with E-state index in [9.17, 15) is 10.5 Å². The van der Waals surface area contributed by atoms with Crippen LogP contribution in [0.1, 0.15) is 22.3 Å². The van der Waals surface area contributed by atoms with Crippen molar-refractivity contribution in [3.8, 4) is 40.1 Å². The monoisotopic (exact) mass is 473 g/mol. The van der Waals surface area contributed by atoms with Crippen LogP contribution in [0.2, 0.25) is 0 Å². The van der Waals surface area contributed by atoms with E-state index in [2.05, 4.69) is 102 Å². The first-order chi connectivity index (χ1) is 18.1. The van der Waals surface area contributed by atoms with Crippen LogP contribution in [0.3, 0.4) is 0 Å². The van der Waals surface area contributed by atoms with Crippen molar-refractivity contribution in [2.45, 2.75) is 13.8 Å². The minimum absolute atomic E-state index is 0.498. The minimum atomic E-state index is 0.498. The average molecular weight is 474 g/mol. The number of rotatable bonds is 3. The van der Waals surface area contributed by atoms with Gasteiger partial charge in [-0.25, -0.2) is 0 Å². The van der Waals surface area contributed by atoms with Crippen LogP contribution in [-0.4, -0.2) is 4.57 Å². The predicted molar refractivity (Wildman–Crippen MR) is 151 cm³/mol. The Hall–Kier alpha value is -5.12. The van der Waals surface area contributed by atoms with Crippen molar-refractivity contribution in [2.24, 2.45) is 0 Å². The largest absolute Gasteiger partial charge is 0.308 e. The highest BCUT2D eigenvalue weighted by Crippen LogP contribution is 2.39. The molecule has 174 valence electrons. The van der Waals surface area contributed by atoms with Crippen LogP contribution in [-0.2, 0) is 0 Å². The molecule has 0 unspecified atom stereocenters. The average Bonchev–Trinajstić information content (AvgIpc) is 3.28. The Morgan fingerprint density at radius 1 is 0.514 bits per heavy atom. The molecule has 1 heterocycles. The van der Waals surface area contributed by atoms with Gasteiger partial charge in [0.1, 0.15) is 6.07 Å². The molecule has 1 aromatic heterocycles. The van der Waals surface area contributed by atoms with Gasteiger partial charge < -0.3 is 4.57 Å². The summed E-state index contributed by atoms with van der Waals surface area (Å²) in [7, 11) is 0. The number of hydrogen-bond donors (Lipinski definition) is 0. The fraction of sp³-hybridized carbons (Fsp3) is 0.0588. The highest BCUT2D eigenvalue weighted by atomic mass is 15.0. The summed E-state index contributed by atoms with van der Waals surface area (Å²) in [5.41, 5.74) is 10.4. The summed E-state index contributed by atoms with van der Waals surface area (Å²) in [6.45, 7) is 3.95. The molecule has 0 bridgehead atoms. The zero-order valence-electron chi connectivity index (χ0n) is 20.7. The second-order valence-corrected chi connectivity index (χ2v) is 9.33. The highest BCUT2D eigenvalue weighted by molar-refractivity contribution is 6.12. The van der Waals surface area contributed by atoms with Gasteiger partial charge in [-0.3, -0.25) is 0 Å². The van der Waals surface area contributed by atoms with Gasteiger partial charge in [0, 0.05) is 10.8 Å². The normalized spacial score (nSPS) is 10.9. The number of nitriles is 2. The van der Waals surface area contributed by atoms with Crippen molar-refractivity contribution in [1.29, 1.82) is 10.5 Å². The van der Waals surface area contributed by atoms with Gasteiger partial charge >= 0.3 is 0 Å². The standard InChI is InChI=1S/C34H23N3/c1-22-23(2)34(29(21-36)17-28(22)20-35)37-32-15-13-26(24-9-5-3-6-10-24)18-30(32)31-19-27(14-16-33(31)37)25-11-7-4-8-12-25/h3-19H,1-2H3. The lowest BCUT2D eigenvalue weighted by Crippen LogP contribution is -2.04. The Kier molecular flexibility index (Phi) is 5.33. The van der Waals surface area contributed by atoms with Gasteiger partial charge in [0.05, 0.1) is 33.9 Å². The quantitative estimate of drug-likeness (QED) is 0.259. The lowest BCUT2D eigenvalue weighted by atomic mass is 9.97. The third-order valence-electron chi connectivity index (χ3n) is 7.31. The first-order valence-corrected chi connectivity index (χ1v) is 12.2. The second kappa shape index (κ2) is 8.83. The molecule has 5 aromatic carbocycles. The zero-order chi connectivity index (χ0) is 25.5. The van der Waals surface area contributed by atoms with Gasteiger partial charge in [0.15, 0.2) is 0 Å². The van der Waals surface area contributed by atoms with Crippen molar-refractivity contribution in [2.75, 3.05) is 0 Å². The first-order valence-electron chi connectivity index (χ1n) is 12.2. The Morgan fingerprint density at radius 2 is 1.00 bits per heavy atom. The molecule has 6 aromatic rings. The number of benzene rings is 5. The lowest BCUT2D eigenvalue weighted by Gasteiger charge is -2.16. The van der Waals surface area contributed by atoms with Gasteiger partial charge in [-0.2, -0.15) is 10.5 Å². The van der Waals surface area contributed by atoms with E-state index >= 15 is 0 Å². The molecule has 3 heteroatoms. The van der Waals surface area contributed by atoms with E-state index in [4.69, 9.17) is 0 Å². The molecule has 0 radical (unpaired) electrons. The van der Waals surface area contributed by atoms with Crippen LogP contribution in [0.5, 0.6) is 0 Å². The summed E-state index contributed by atoms with van der Waals surface area (Å²) >= 11 is 0. The number of nitrogens with zero attached hydrogens (tertiary/aromatic N) is 3. The van der Waals surface area contributed by atoms with E-state index in [1.165, 1.54) is 0 Å².